The molecule has 8 nitrogen and oxygen atoms in total. The quantitative estimate of drug-likeness (QED) is 0.409. The molecule has 38 heavy (non-hydrogen) atoms. The Morgan fingerprint density at radius 2 is 1.84 bits per heavy atom. The summed E-state index contributed by atoms with van der Waals surface area (Å²) in [5.41, 5.74) is 7.05. The second-order valence-electron chi connectivity index (χ2n) is 9.15. The molecule has 0 spiro atoms. The Bertz CT molecular complexity index is 1530. The van der Waals surface area contributed by atoms with Gasteiger partial charge in [-0.1, -0.05) is 36.4 Å². The first-order chi connectivity index (χ1) is 17.8. The predicted octanol–water partition coefficient (Wildman–Crippen LogP) is 3.93. The number of nitrogens with zero attached hydrogens (tertiary/aromatic N) is 6. The van der Waals surface area contributed by atoms with E-state index in [2.05, 4.69) is 16.0 Å². The molecule has 0 aliphatic carbocycles. The summed E-state index contributed by atoms with van der Waals surface area (Å²) in [4.78, 5) is 23.7. The standard InChI is InChI=1S/C26H24F3N7O.ClH/c27-26(28,29)21-9-8-18(12-32-21)13-35-16-33-22-20(11-30)24(34-10-4-7-19(31)15-34)36(23(22)25(35)37)14-17-5-2-1-3-6-17;/h1-3,5-6,8-9,12,16,19H,4,7,10,13-15,31H2;1H/t19-;/m0./s1. The molecule has 2 N–H and O–H groups in total. The van der Waals surface area contributed by atoms with Gasteiger partial charge in [-0.25, -0.2) is 4.98 Å². The molecule has 1 aliphatic heterocycles. The van der Waals surface area contributed by atoms with Gasteiger partial charge in [-0.3, -0.25) is 14.3 Å². The molecule has 0 radical (unpaired) electrons. The highest BCUT2D eigenvalue weighted by molar-refractivity contribution is 5.89. The van der Waals surface area contributed by atoms with Gasteiger partial charge < -0.3 is 15.2 Å². The van der Waals surface area contributed by atoms with Crippen molar-refractivity contribution < 1.29 is 13.2 Å². The number of pyridine rings is 1. The van der Waals surface area contributed by atoms with E-state index in [1.807, 2.05) is 39.8 Å². The van der Waals surface area contributed by atoms with Crippen LogP contribution in [0.25, 0.3) is 11.0 Å². The Morgan fingerprint density at radius 1 is 1.08 bits per heavy atom. The van der Waals surface area contributed by atoms with Crippen LogP contribution in [0.4, 0.5) is 19.0 Å². The van der Waals surface area contributed by atoms with Gasteiger partial charge in [-0.05, 0) is 30.0 Å². The molecule has 1 aromatic carbocycles. The summed E-state index contributed by atoms with van der Waals surface area (Å²) in [5, 5.41) is 10.1. The lowest BCUT2D eigenvalue weighted by molar-refractivity contribution is -0.141. The minimum Gasteiger partial charge on any atom is -0.355 e. The Hall–Kier alpha value is -3.88. The lowest BCUT2D eigenvalue weighted by atomic mass is 10.1. The first-order valence-electron chi connectivity index (χ1n) is 11.8. The number of nitrogens with two attached hydrogens (primary N) is 1. The van der Waals surface area contributed by atoms with Crippen molar-refractivity contribution in [1.29, 1.82) is 5.26 Å². The maximum absolute atomic E-state index is 13.7. The van der Waals surface area contributed by atoms with Gasteiger partial charge in [-0.2, -0.15) is 18.4 Å². The molecule has 198 valence electrons. The summed E-state index contributed by atoms with van der Waals surface area (Å²) in [6, 6.07) is 13.9. The number of rotatable bonds is 5. The smallest absolute Gasteiger partial charge is 0.355 e. The third kappa shape index (κ3) is 5.23. The van der Waals surface area contributed by atoms with Crippen molar-refractivity contribution in [3.8, 4) is 6.07 Å². The molecule has 5 rings (SSSR count). The van der Waals surface area contributed by atoms with Crippen molar-refractivity contribution in [2.75, 3.05) is 18.0 Å². The van der Waals surface area contributed by atoms with E-state index in [0.29, 0.717) is 42.1 Å². The molecule has 4 aromatic rings. The lowest BCUT2D eigenvalue weighted by Gasteiger charge is -2.33. The minimum atomic E-state index is -4.55. The molecule has 12 heteroatoms. The number of piperidine rings is 1. The van der Waals surface area contributed by atoms with Gasteiger partial charge in [0.15, 0.2) is 0 Å². The largest absolute Gasteiger partial charge is 0.433 e. The molecule has 1 atom stereocenters. The van der Waals surface area contributed by atoms with Gasteiger partial charge in [-0.15, -0.1) is 12.4 Å². The van der Waals surface area contributed by atoms with Crippen LogP contribution in [-0.4, -0.2) is 38.2 Å². The number of hydrogen-bond acceptors (Lipinski definition) is 6. The van der Waals surface area contributed by atoms with Crippen LogP contribution in [0.2, 0.25) is 0 Å². The molecule has 0 bridgehead atoms. The van der Waals surface area contributed by atoms with Crippen molar-refractivity contribution >= 4 is 29.3 Å². The van der Waals surface area contributed by atoms with E-state index in [-0.39, 0.29) is 30.5 Å². The van der Waals surface area contributed by atoms with Crippen LogP contribution in [0.1, 0.15) is 35.2 Å². The summed E-state index contributed by atoms with van der Waals surface area (Å²) in [6.07, 6.45) is -0.387. The summed E-state index contributed by atoms with van der Waals surface area (Å²) in [5.74, 6) is 0.607. The van der Waals surface area contributed by atoms with Crippen LogP contribution < -0.4 is 16.2 Å². The minimum absolute atomic E-state index is 0. The van der Waals surface area contributed by atoms with Crippen molar-refractivity contribution in [3.05, 3.63) is 87.7 Å². The molecule has 0 unspecified atom stereocenters. The highest BCUT2D eigenvalue weighted by atomic mass is 35.5. The van der Waals surface area contributed by atoms with E-state index in [9.17, 15) is 23.2 Å². The van der Waals surface area contributed by atoms with Gasteiger partial charge in [0.05, 0.1) is 12.9 Å². The molecule has 1 saturated heterocycles. The molecule has 0 saturated carbocycles. The molecule has 0 amide bonds. The van der Waals surface area contributed by atoms with Crippen LogP contribution in [0.5, 0.6) is 0 Å². The van der Waals surface area contributed by atoms with Gasteiger partial charge in [0.1, 0.15) is 34.2 Å². The number of alkyl halides is 3. The number of benzene rings is 1. The topological polar surface area (TPSA) is 106 Å². The van der Waals surface area contributed by atoms with E-state index in [0.717, 1.165) is 30.7 Å². The zero-order valence-electron chi connectivity index (χ0n) is 20.2. The van der Waals surface area contributed by atoms with Crippen molar-refractivity contribution in [2.24, 2.45) is 5.73 Å². The number of halogens is 4. The van der Waals surface area contributed by atoms with E-state index in [1.54, 1.807) is 0 Å². The first kappa shape index (κ1) is 27.2. The van der Waals surface area contributed by atoms with Gasteiger partial charge in [0, 0.05) is 31.9 Å². The highest BCUT2D eigenvalue weighted by Crippen LogP contribution is 2.32. The van der Waals surface area contributed by atoms with Crippen LogP contribution in [0.3, 0.4) is 0 Å². The Morgan fingerprint density at radius 3 is 2.47 bits per heavy atom. The van der Waals surface area contributed by atoms with Crippen LogP contribution in [0.15, 0.2) is 59.8 Å². The maximum atomic E-state index is 13.7. The average Bonchev–Trinajstić information content (AvgIpc) is 3.20. The first-order valence-corrected chi connectivity index (χ1v) is 11.8. The second kappa shape index (κ2) is 10.8. The fraction of sp³-hybridized carbons (Fsp3) is 0.308. The van der Waals surface area contributed by atoms with Crippen molar-refractivity contribution in [3.63, 3.8) is 0 Å². The second-order valence-corrected chi connectivity index (χ2v) is 9.15. The molecular formula is C26H25ClF3N7O. The van der Waals surface area contributed by atoms with Crippen LogP contribution in [-0.2, 0) is 19.3 Å². The number of fused-ring (bicyclic) bond motifs is 1. The highest BCUT2D eigenvalue weighted by Gasteiger charge is 2.32. The van der Waals surface area contributed by atoms with E-state index in [1.165, 1.54) is 17.0 Å². The summed E-state index contributed by atoms with van der Waals surface area (Å²) >= 11 is 0. The summed E-state index contributed by atoms with van der Waals surface area (Å²) in [7, 11) is 0. The number of aromatic nitrogens is 4. The third-order valence-corrected chi connectivity index (χ3v) is 6.52. The molecule has 4 heterocycles. The van der Waals surface area contributed by atoms with Crippen LogP contribution in [0, 0.1) is 11.3 Å². The average molecular weight is 544 g/mol. The van der Waals surface area contributed by atoms with Gasteiger partial charge in [0.25, 0.3) is 5.56 Å². The Balaban J connectivity index is 0.00000336. The lowest BCUT2D eigenvalue weighted by Crippen LogP contribution is -2.44. The van der Waals surface area contributed by atoms with Crippen molar-refractivity contribution in [2.45, 2.75) is 38.1 Å². The van der Waals surface area contributed by atoms with Gasteiger partial charge >= 0.3 is 6.18 Å². The molecule has 1 aliphatic rings. The number of hydrogen-bond donors (Lipinski definition) is 1. The normalized spacial score (nSPS) is 15.8. The summed E-state index contributed by atoms with van der Waals surface area (Å²) in [6.45, 7) is 1.56. The zero-order valence-corrected chi connectivity index (χ0v) is 21.0. The molecule has 1 fully saturated rings. The SMILES string of the molecule is Cl.N#Cc1c(N2CCC[C@H](N)C2)n(Cc2ccccc2)c2c(=O)n(Cc3ccc(C(F)(F)F)nc3)cnc12. The monoisotopic (exact) mass is 543 g/mol. The Kier molecular flexibility index (Phi) is 7.76. The van der Waals surface area contributed by atoms with E-state index in [4.69, 9.17) is 5.73 Å². The van der Waals surface area contributed by atoms with Crippen LogP contribution >= 0.6 is 12.4 Å². The van der Waals surface area contributed by atoms with E-state index < -0.39 is 17.4 Å². The fourth-order valence-corrected chi connectivity index (χ4v) is 4.80. The summed E-state index contributed by atoms with van der Waals surface area (Å²) < 4.78 is 41.8. The molecular weight excluding hydrogens is 519 g/mol. The maximum Gasteiger partial charge on any atom is 0.433 e. The van der Waals surface area contributed by atoms with Gasteiger partial charge in [0.2, 0.25) is 0 Å². The zero-order chi connectivity index (χ0) is 26.2. The van der Waals surface area contributed by atoms with Crippen molar-refractivity contribution in [1.82, 2.24) is 19.1 Å². The van der Waals surface area contributed by atoms with E-state index >= 15 is 0 Å². The molecule has 3 aromatic heterocycles. The Labute approximate surface area is 222 Å². The fourth-order valence-electron chi connectivity index (χ4n) is 4.80. The predicted molar refractivity (Wildman–Crippen MR) is 139 cm³/mol. The third-order valence-electron chi connectivity index (χ3n) is 6.52. The number of anilines is 1. The number of nitriles is 1.